The quantitative estimate of drug-likeness (QED) is 0.699. The molecule has 0 aliphatic heterocycles. The average molecular weight is 172 g/mol. The Balaban J connectivity index is 4.25. The van der Waals surface area contributed by atoms with Crippen LogP contribution in [0.4, 0.5) is 0 Å². The van der Waals surface area contributed by atoms with Crippen LogP contribution in [-0.2, 0) is 0 Å². The summed E-state index contributed by atoms with van der Waals surface area (Å²) in [6.07, 6.45) is 1.16. The lowest BCUT2D eigenvalue weighted by Gasteiger charge is -2.37. The first-order valence-electron chi connectivity index (χ1n) is 4.70. The molecule has 0 heterocycles. The van der Waals surface area contributed by atoms with Crippen molar-refractivity contribution in [3.05, 3.63) is 0 Å². The monoisotopic (exact) mass is 172 g/mol. The summed E-state index contributed by atoms with van der Waals surface area (Å²) in [6, 6.07) is 0.470. The molecule has 12 heavy (non-hydrogen) atoms. The Morgan fingerprint density at radius 1 is 1.25 bits per heavy atom. The largest absolute Gasteiger partial charge is 0.324 e. The number of nitrogens with zero attached hydrogens (tertiary/aromatic N) is 1. The van der Waals surface area contributed by atoms with Crippen LogP contribution >= 0.6 is 0 Å². The summed E-state index contributed by atoms with van der Waals surface area (Å²) < 4.78 is 0. The molecule has 0 saturated carbocycles. The maximum absolute atomic E-state index is 6.09. The van der Waals surface area contributed by atoms with Gasteiger partial charge in [0, 0.05) is 11.6 Å². The summed E-state index contributed by atoms with van der Waals surface area (Å²) in [5.74, 6) is 0.709. The number of hydrogen-bond donors (Lipinski definition) is 1. The summed E-state index contributed by atoms with van der Waals surface area (Å²) in [4.78, 5) is 2.22. The second-order valence-electron chi connectivity index (χ2n) is 4.93. The van der Waals surface area contributed by atoms with Crippen LogP contribution in [0, 0.1) is 5.92 Å². The lowest BCUT2D eigenvalue weighted by molar-refractivity contribution is 0.174. The first-order chi connectivity index (χ1) is 5.25. The number of nitrogens with two attached hydrogens (primary N) is 1. The van der Waals surface area contributed by atoms with Gasteiger partial charge in [0.25, 0.3) is 0 Å². The van der Waals surface area contributed by atoms with Gasteiger partial charge < -0.3 is 10.6 Å². The van der Waals surface area contributed by atoms with E-state index in [2.05, 4.69) is 46.7 Å². The summed E-state index contributed by atoms with van der Waals surface area (Å²) in [7, 11) is 4.20. The molecule has 0 aromatic carbocycles. The van der Waals surface area contributed by atoms with Crippen molar-refractivity contribution in [3.8, 4) is 0 Å². The van der Waals surface area contributed by atoms with Crippen molar-refractivity contribution in [2.45, 2.75) is 45.7 Å². The minimum Gasteiger partial charge on any atom is -0.324 e. The molecular weight excluding hydrogens is 148 g/mol. The van der Waals surface area contributed by atoms with Crippen molar-refractivity contribution in [2.75, 3.05) is 14.1 Å². The topological polar surface area (TPSA) is 29.3 Å². The van der Waals surface area contributed by atoms with E-state index in [0.29, 0.717) is 12.0 Å². The van der Waals surface area contributed by atoms with Gasteiger partial charge in [-0.15, -0.1) is 0 Å². The molecule has 2 N–H and O–H groups in total. The molecule has 0 aliphatic carbocycles. The molecule has 1 atom stereocenters. The molecule has 0 aromatic heterocycles. The highest BCUT2D eigenvalue weighted by Gasteiger charge is 2.27. The molecule has 0 spiro atoms. The summed E-state index contributed by atoms with van der Waals surface area (Å²) in [6.45, 7) is 8.67. The fourth-order valence-electron chi connectivity index (χ4n) is 1.63. The van der Waals surface area contributed by atoms with Gasteiger partial charge in [0.15, 0.2) is 0 Å². The fourth-order valence-corrected chi connectivity index (χ4v) is 1.63. The van der Waals surface area contributed by atoms with Crippen molar-refractivity contribution >= 4 is 0 Å². The third-order valence-corrected chi connectivity index (χ3v) is 2.18. The highest BCUT2D eigenvalue weighted by atomic mass is 15.1. The van der Waals surface area contributed by atoms with Crippen LogP contribution in [0.2, 0.25) is 0 Å². The molecule has 0 bridgehead atoms. The van der Waals surface area contributed by atoms with E-state index in [1.54, 1.807) is 0 Å². The van der Waals surface area contributed by atoms with Gasteiger partial charge in [-0.1, -0.05) is 13.8 Å². The molecule has 0 aliphatic rings. The van der Waals surface area contributed by atoms with Crippen molar-refractivity contribution in [2.24, 2.45) is 11.7 Å². The third-order valence-electron chi connectivity index (χ3n) is 2.18. The van der Waals surface area contributed by atoms with E-state index in [1.165, 1.54) is 0 Å². The predicted octanol–water partition coefficient (Wildman–Crippen LogP) is 1.70. The summed E-state index contributed by atoms with van der Waals surface area (Å²) in [5, 5.41) is 0. The van der Waals surface area contributed by atoms with Gasteiger partial charge in [-0.2, -0.15) is 0 Å². The number of rotatable bonds is 4. The van der Waals surface area contributed by atoms with Gasteiger partial charge in [-0.25, -0.2) is 0 Å². The van der Waals surface area contributed by atoms with Gasteiger partial charge in [0.1, 0.15) is 0 Å². The standard InChI is InChI=1S/C10H24N2/c1-8(2)7-9(12(5)6)10(3,4)11/h8-9H,7,11H2,1-6H3. The van der Waals surface area contributed by atoms with Crippen LogP contribution in [0.15, 0.2) is 0 Å². The normalized spacial score (nSPS) is 15.8. The van der Waals surface area contributed by atoms with E-state index in [-0.39, 0.29) is 5.54 Å². The maximum Gasteiger partial charge on any atom is 0.0266 e. The number of likely N-dealkylation sites (N-methyl/N-ethyl adjacent to an activating group) is 1. The molecule has 0 aromatic rings. The molecule has 2 nitrogen and oxygen atoms in total. The molecule has 0 amide bonds. The lowest BCUT2D eigenvalue weighted by atomic mass is 9.88. The van der Waals surface area contributed by atoms with Gasteiger partial charge in [0.05, 0.1) is 0 Å². The molecule has 0 saturated heterocycles. The van der Waals surface area contributed by atoms with Gasteiger partial charge in [0.2, 0.25) is 0 Å². The van der Waals surface area contributed by atoms with Gasteiger partial charge in [-0.05, 0) is 40.3 Å². The zero-order chi connectivity index (χ0) is 9.94. The Morgan fingerprint density at radius 3 is 1.75 bits per heavy atom. The second-order valence-corrected chi connectivity index (χ2v) is 4.93. The van der Waals surface area contributed by atoms with Crippen LogP contribution in [0.5, 0.6) is 0 Å². The van der Waals surface area contributed by atoms with Crippen molar-refractivity contribution < 1.29 is 0 Å². The smallest absolute Gasteiger partial charge is 0.0266 e. The molecule has 1 unspecified atom stereocenters. The molecular formula is C10H24N2. The average Bonchev–Trinajstić information content (AvgIpc) is 1.79. The first kappa shape index (κ1) is 11.9. The molecule has 0 radical (unpaired) electrons. The Bertz CT molecular complexity index is 122. The molecule has 0 fully saturated rings. The Labute approximate surface area is 77.1 Å². The fraction of sp³-hybridized carbons (Fsp3) is 1.00. The van der Waals surface area contributed by atoms with E-state index in [4.69, 9.17) is 5.73 Å². The molecule has 0 rings (SSSR count). The van der Waals surface area contributed by atoms with Crippen LogP contribution in [-0.4, -0.2) is 30.6 Å². The zero-order valence-corrected chi connectivity index (χ0v) is 9.39. The van der Waals surface area contributed by atoms with Crippen LogP contribution in [0.3, 0.4) is 0 Å². The van der Waals surface area contributed by atoms with E-state index >= 15 is 0 Å². The Kier molecular flexibility index (Phi) is 4.21. The second kappa shape index (κ2) is 4.24. The summed E-state index contributed by atoms with van der Waals surface area (Å²) >= 11 is 0. The van der Waals surface area contributed by atoms with E-state index in [9.17, 15) is 0 Å². The number of hydrogen-bond acceptors (Lipinski definition) is 2. The van der Waals surface area contributed by atoms with Gasteiger partial charge in [-0.3, -0.25) is 0 Å². The maximum atomic E-state index is 6.09. The zero-order valence-electron chi connectivity index (χ0n) is 9.39. The Hall–Kier alpha value is -0.0800. The van der Waals surface area contributed by atoms with Crippen LogP contribution < -0.4 is 5.73 Å². The predicted molar refractivity (Wildman–Crippen MR) is 55.2 cm³/mol. The SMILES string of the molecule is CC(C)CC(N(C)C)C(C)(C)N. The Morgan fingerprint density at radius 2 is 1.67 bits per heavy atom. The lowest BCUT2D eigenvalue weighted by Crippen LogP contribution is -2.52. The molecule has 2 heteroatoms. The van der Waals surface area contributed by atoms with Gasteiger partial charge >= 0.3 is 0 Å². The minimum absolute atomic E-state index is 0.103. The van der Waals surface area contributed by atoms with Crippen molar-refractivity contribution in [1.29, 1.82) is 0 Å². The van der Waals surface area contributed by atoms with E-state index < -0.39 is 0 Å². The highest BCUT2D eigenvalue weighted by molar-refractivity contribution is 4.88. The van der Waals surface area contributed by atoms with Crippen LogP contribution in [0.1, 0.15) is 34.1 Å². The third kappa shape index (κ3) is 4.07. The highest BCUT2D eigenvalue weighted by Crippen LogP contribution is 2.18. The van der Waals surface area contributed by atoms with Crippen molar-refractivity contribution in [1.82, 2.24) is 4.90 Å². The summed E-state index contributed by atoms with van der Waals surface area (Å²) in [5.41, 5.74) is 5.98. The van der Waals surface area contributed by atoms with Crippen LogP contribution in [0.25, 0.3) is 0 Å². The first-order valence-corrected chi connectivity index (χ1v) is 4.70. The van der Waals surface area contributed by atoms with E-state index in [1.807, 2.05) is 0 Å². The van der Waals surface area contributed by atoms with Crippen molar-refractivity contribution in [3.63, 3.8) is 0 Å². The molecule has 74 valence electrons. The van der Waals surface area contributed by atoms with E-state index in [0.717, 1.165) is 6.42 Å². The minimum atomic E-state index is -0.103.